The molecule has 108 valence electrons. The van der Waals surface area contributed by atoms with Gasteiger partial charge in [-0.05, 0) is 44.5 Å². The molecule has 1 aromatic rings. The van der Waals surface area contributed by atoms with Crippen molar-refractivity contribution in [3.05, 3.63) is 29.6 Å². The Balaban J connectivity index is 2.78. The molecule has 0 aliphatic carbocycles. The van der Waals surface area contributed by atoms with Gasteiger partial charge >= 0.3 is 0 Å². The first-order valence-electron chi connectivity index (χ1n) is 6.92. The van der Waals surface area contributed by atoms with Crippen molar-refractivity contribution in [3.8, 4) is 5.75 Å². The Morgan fingerprint density at radius 1 is 1.37 bits per heavy atom. The van der Waals surface area contributed by atoms with Crippen molar-refractivity contribution >= 4 is 0 Å². The van der Waals surface area contributed by atoms with Gasteiger partial charge in [0.05, 0.1) is 6.10 Å². The largest absolute Gasteiger partial charge is 0.491 e. The molecule has 0 amide bonds. The highest BCUT2D eigenvalue weighted by Crippen LogP contribution is 2.26. The Kier molecular flexibility index (Phi) is 6.81. The second-order valence-corrected chi connectivity index (χ2v) is 4.73. The molecular weight excluding hydrogens is 245 g/mol. The normalized spacial score (nSPS) is 14.2. The predicted octanol–water partition coefficient (Wildman–Crippen LogP) is 3.04. The Morgan fingerprint density at radius 3 is 2.74 bits per heavy atom. The number of nitrogens with one attached hydrogen (secondary N) is 1. The SMILES string of the molecule is CCCNC(C)c1cc(F)ccc1OCC(O)CC. The van der Waals surface area contributed by atoms with Crippen LogP contribution in [0.4, 0.5) is 4.39 Å². The van der Waals surface area contributed by atoms with E-state index in [0.29, 0.717) is 12.2 Å². The molecule has 2 N–H and O–H groups in total. The van der Waals surface area contributed by atoms with Crippen molar-refractivity contribution in [1.29, 1.82) is 0 Å². The van der Waals surface area contributed by atoms with Crippen LogP contribution in [0.15, 0.2) is 18.2 Å². The fourth-order valence-electron chi connectivity index (χ4n) is 1.76. The molecule has 0 heterocycles. The Hall–Kier alpha value is -1.13. The number of benzene rings is 1. The van der Waals surface area contributed by atoms with Gasteiger partial charge in [0.1, 0.15) is 18.2 Å². The van der Waals surface area contributed by atoms with E-state index in [0.717, 1.165) is 18.5 Å². The average molecular weight is 269 g/mol. The van der Waals surface area contributed by atoms with Crippen LogP contribution in [-0.4, -0.2) is 24.4 Å². The van der Waals surface area contributed by atoms with Crippen LogP contribution in [0.3, 0.4) is 0 Å². The summed E-state index contributed by atoms with van der Waals surface area (Å²) in [4.78, 5) is 0. The maximum absolute atomic E-state index is 13.4. The van der Waals surface area contributed by atoms with E-state index in [2.05, 4.69) is 12.2 Å². The lowest BCUT2D eigenvalue weighted by atomic mass is 10.1. The van der Waals surface area contributed by atoms with Gasteiger partial charge in [-0.3, -0.25) is 0 Å². The third-order valence-corrected chi connectivity index (χ3v) is 3.04. The minimum Gasteiger partial charge on any atom is -0.491 e. The van der Waals surface area contributed by atoms with Crippen LogP contribution in [0.2, 0.25) is 0 Å². The van der Waals surface area contributed by atoms with E-state index in [4.69, 9.17) is 4.74 Å². The molecule has 0 saturated carbocycles. The molecule has 0 aliphatic heterocycles. The molecule has 0 aliphatic rings. The topological polar surface area (TPSA) is 41.5 Å². The van der Waals surface area contributed by atoms with E-state index in [9.17, 15) is 9.50 Å². The second kappa shape index (κ2) is 8.12. The van der Waals surface area contributed by atoms with Gasteiger partial charge in [-0.15, -0.1) is 0 Å². The van der Waals surface area contributed by atoms with Gasteiger partial charge in [0, 0.05) is 11.6 Å². The lowest BCUT2D eigenvalue weighted by Crippen LogP contribution is -2.21. The zero-order valence-corrected chi connectivity index (χ0v) is 11.9. The van der Waals surface area contributed by atoms with Crippen molar-refractivity contribution in [2.75, 3.05) is 13.2 Å². The molecule has 0 aromatic heterocycles. The lowest BCUT2D eigenvalue weighted by Gasteiger charge is -2.19. The fourth-order valence-corrected chi connectivity index (χ4v) is 1.76. The van der Waals surface area contributed by atoms with Crippen molar-refractivity contribution in [3.63, 3.8) is 0 Å². The molecule has 0 spiro atoms. The minimum atomic E-state index is -0.489. The van der Waals surface area contributed by atoms with E-state index in [-0.39, 0.29) is 18.5 Å². The maximum Gasteiger partial charge on any atom is 0.124 e. The number of aliphatic hydroxyl groups excluding tert-OH is 1. The zero-order valence-electron chi connectivity index (χ0n) is 11.9. The summed E-state index contributed by atoms with van der Waals surface area (Å²) in [6.07, 6.45) is 1.17. The van der Waals surface area contributed by atoms with Crippen LogP contribution in [0.5, 0.6) is 5.75 Å². The second-order valence-electron chi connectivity index (χ2n) is 4.73. The third-order valence-electron chi connectivity index (χ3n) is 3.04. The van der Waals surface area contributed by atoms with Crippen molar-refractivity contribution in [2.24, 2.45) is 0 Å². The predicted molar refractivity (Wildman–Crippen MR) is 74.9 cm³/mol. The standard InChI is InChI=1S/C15H24FNO2/c1-4-8-17-11(3)14-9-12(16)6-7-15(14)19-10-13(18)5-2/h6-7,9,11,13,17-18H,4-5,8,10H2,1-3H3. The quantitative estimate of drug-likeness (QED) is 0.762. The zero-order chi connectivity index (χ0) is 14.3. The van der Waals surface area contributed by atoms with E-state index in [1.54, 1.807) is 6.07 Å². The summed E-state index contributed by atoms with van der Waals surface area (Å²) in [5, 5.41) is 12.8. The van der Waals surface area contributed by atoms with E-state index in [1.807, 2.05) is 13.8 Å². The summed E-state index contributed by atoms with van der Waals surface area (Å²) in [6.45, 7) is 7.06. The molecule has 0 radical (unpaired) electrons. The van der Waals surface area contributed by atoms with Crippen molar-refractivity contribution in [1.82, 2.24) is 5.32 Å². The molecule has 2 unspecified atom stereocenters. The molecule has 1 rings (SSSR count). The van der Waals surface area contributed by atoms with Crippen LogP contribution in [0, 0.1) is 5.82 Å². The number of ether oxygens (including phenoxy) is 1. The van der Waals surface area contributed by atoms with Crippen LogP contribution < -0.4 is 10.1 Å². The first kappa shape index (κ1) is 15.9. The van der Waals surface area contributed by atoms with Crippen molar-refractivity contribution in [2.45, 2.75) is 45.8 Å². The molecule has 2 atom stereocenters. The van der Waals surface area contributed by atoms with Gasteiger partial charge < -0.3 is 15.2 Å². The Bertz CT molecular complexity index is 384. The summed E-state index contributed by atoms with van der Waals surface area (Å²) in [7, 11) is 0. The van der Waals surface area contributed by atoms with E-state index >= 15 is 0 Å². The van der Waals surface area contributed by atoms with Gasteiger partial charge in [0.15, 0.2) is 0 Å². The number of rotatable bonds is 8. The summed E-state index contributed by atoms with van der Waals surface area (Å²) in [5.74, 6) is 0.355. The van der Waals surface area contributed by atoms with Gasteiger partial charge in [0.25, 0.3) is 0 Å². The Labute approximate surface area is 114 Å². The number of hydrogen-bond acceptors (Lipinski definition) is 3. The van der Waals surface area contributed by atoms with Gasteiger partial charge in [-0.25, -0.2) is 4.39 Å². The van der Waals surface area contributed by atoms with Crippen LogP contribution in [0.25, 0.3) is 0 Å². The summed E-state index contributed by atoms with van der Waals surface area (Å²) in [5.41, 5.74) is 0.789. The maximum atomic E-state index is 13.4. The van der Waals surface area contributed by atoms with Crippen LogP contribution >= 0.6 is 0 Å². The molecule has 3 nitrogen and oxygen atoms in total. The lowest BCUT2D eigenvalue weighted by molar-refractivity contribution is 0.103. The van der Waals surface area contributed by atoms with Gasteiger partial charge in [-0.2, -0.15) is 0 Å². The summed E-state index contributed by atoms with van der Waals surface area (Å²) >= 11 is 0. The number of aliphatic hydroxyl groups is 1. The number of hydrogen-bond donors (Lipinski definition) is 2. The first-order chi connectivity index (χ1) is 9.08. The monoisotopic (exact) mass is 269 g/mol. The molecule has 0 saturated heterocycles. The number of halogens is 1. The summed E-state index contributed by atoms with van der Waals surface area (Å²) < 4.78 is 19.0. The molecule has 0 fully saturated rings. The van der Waals surface area contributed by atoms with Crippen LogP contribution in [-0.2, 0) is 0 Å². The molecule has 19 heavy (non-hydrogen) atoms. The highest BCUT2D eigenvalue weighted by molar-refractivity contribution is 5.36. The smallest absolute Gasteiger partial charge is 0.124 e. The molecule has 0 bridgehead atoms. The highest BCUT2D eigenvalue weighted by Gasteiger charge is 2.13. The minimum absolute atomic E-state index is 0.0180. The van der Waals surface area contributed by atoms with Crippen LogP contribution in [0.1, 0.15) is 45.2 Å². The fraction of sp³-hybridized carbons (Fsp3) is 0.600. The van der Waals surface area contributed by atoms with Gasteiger partial charge in [0.2, 0.25) is 0 Å². The van der Waals surface area contributed by atoms with Crippen molar-refractivity contribution < 1.29 is 14.2 Å². The Morgan fingerprint density at radius 2 is 2.11 bits per heavy atom. The molecule has 4 heteroatoms. The van der Waals surface area contributed by atoms with E-state index in [1.165, 1.54) is 12.1 Å². The highest BCUT2D eigenvalue weighted by atomic mass is 19.1. The average Bonchev–Trinajstić information content (AvgIpc) is 2.42. The molecular formula is C15H24FNO2. The van der Waals surface area contributed by atoms with Gasteiger partial charge in [-0.1, -0.05) is 13.8 Å². The molecule has 1 aromatic carbocycles. The van der Waals surface area contributed by atoms with E-state index < -0.39 is 6.10 Å². The first-order valence-corrected chi connectivity index (χ1v) is 6.92. The third kappa shape index (κ3) is 5.17. The summed E-state index contributed by atoms with van der Waals surface area (Å²) in [6, 6.07) is 4.51.